The van der Waals surface area contributed by atoms with Crippen LogP contribution >= 0.6 is 11.8 Å². The number of methoxy groups -OCH3 is 1. The monoisotopic (exact) mass is 587 g/mol. The molecule has 1 atom stereocenters. The van der Waals surface area contributed by atoms with E-state index in [1.54, 1.807) is 0 Å². The molecule has 0 aliphatic heterocycles. The molecule has 1 aromatic carbocycles. The summed E-state index contributed by atoms with van der Waals surface area (Å²) in [4.78, 5) is 48.2. The van der Waals surface area contributed by atoms with E-state index in [1.807, 2.05) is 30.3 Å². The Hall–Kier alpha value is -3.53. The predicted molar refractivity (Wildman–Crippen MR) is 164 cm³/mol. The van der Waals surface area contributed by atoms with Crippen LogP contribution in [0.1, 0.15) is 58.9 Å². The zero-order valence-corrected chi connectivity index (χ0v) is 25.7. The van der Waals surface area contributed by atoms with E-state index in [0.717, 1.165) is 31.2 Å². The summed E-state index contributed by atoms with van der Waals surface area (Å²) in [5.41, 5.74) is 4.83. The van der Waals surface area contributed by atoms with Crippen LogP contribution in [0.4, 0.5) is 4.79 Å². The Labute approximate surface area is 248 Å². The third kappa shape index (κ3) is 18.4. The molecule has 0 saturated carbocycles. The van der Waals surface area contributed by atoms with Gasteiger partial charge in [0.2, 0.25) is 11.8 Å². The number of rotatable bonds is 18. The van der Waals surface area contributed by atoms with E-state index in [1.165, 1.54) is 35.6 Å². The smallest absolute Gasteiger partial charge is 0.407 e. The van der Waals surface area contributed by atoms with Gasteiger partial charge in [-0.25, -0.2) is 9.59 Å². The number of nitrogens with one attached hydrogen (secondary N) is 3. The van der Waals surface area contributed by atoms with Crippen LogP contribution in [0.5, 0.6) is 0 Å². The van der Waals surface area contributed by atoms with Crippen LogP contribution in [-0.4, -0.2) is 61.6 Å². The molecule has 0 aliphatic carbocycles. The molecule has 226 valence electrons. The maximum absolute atomic E-state index is 12.3. The fourth-order valence-electron chi connectivity index (χ4n) is 3.45. The molecule has 9 nitrogen and oxygen atoms in total. The third-order valence-electron chi connectivity index (χ3n) is 5.83. The van der Waals surface area contributed by atoms with Gasteiger partial charge in [0, 0.05) is 11.5 Å². The van der Waals surface area contributed by atoms with Crippen molar-refractivity contribution in [3.8, 4) is 0 Å². The lowest BCUT2D eigenvalue weighted by Gasteiger charge is -2.16. The van der Waals surface area contributed by atoms with E-state index in [9.17, 15) is 19.2 Å². The van der Waals surface area contributed by atoms with Crippen molar-refractivity contribution >= 4 is 35.6 Å². The Morgan fingerprint density at radius 1 is 0.854 bits per heavy atom. The molecule has 0 unspecified atom stereocenters. The predicted octanol–water partition coefficient (Wildman–Crippen LogP) is 4.84. The molecule has 0 aliphatic rings. The van der Waals surface area contributed by atoms with Gasteiger partial charge in [-0.05, 0) is 58.9 Å². The molecule has 0 bridgehead atoms. The second kappa shape index (κ2) is 21.2. The van der Waals surface area contributed by atoms with Gasteiger partial charge in [0.15, 0.2) is 0 Å². The highest BCUT2D eigenvalue weighted by atomic mass is 32.2. The van der Waals surface area contributed by atoms with Crippen LogP contribution in [0.15, 0.2) is 65.3 Å². The highest BCUT2D eigenvalue weighted by Crippen LogP contribution is 2.13. The van der Waals surface area contributed by atoms with Gasteiger partial charge in [-0.1, -0.05) is 65.3 Å². The van der Waals surface area contributed by atoms with Crippen LogP contribution in [-0.2, 0) is 30.5 Å². The highest BCUT2D eigenvalue weighted by molar-refractivity contribution is 7.99. The first kappa shape index (κ1) is 35.5. The Morgan fingerprint density at radius 2 is 1.49 bits per heavy atom. The van der Waals surface area contributed by atoms with E-state index in [4.69, 9.17) is 9.47 Å². The third-order valence-corrected chi connectivity index (χ3v) is 6.80. The maximum atomic E-state index is 12.3. The molecule has 1 aromatic rings. The van der Waals surface area contributed by atoms with Gasteiger partial charge in [-0.15, -0.1) is 0 Å². The summed E-state index contributed by atoms with van der Waals surface area (Å²) in [5, 5.41) is 7.32. The number of allylic oxidation sites excluding steroid dienone is 5. The number of carbonyl (C=O) groups is 4. The SMILES string of the molecule is COC(=O)[C@H](CSCC=C(C)CCC=C(C)CCC=C(C)C)NC(=O)CNC(=O)CNC(=O)OCc1ccccc1. The van der Waals surface area contributed by atoms with Gasteiger partial charge in [-0.3, -0.25) is 9.59 Å². The summed E-state index contributed by atoms with van der Waals surface area (Å²) in [6.45, 7) is 7.86. The number of carbonyl (C=O) groups excluding carboxylic acids is 4. The Morgan fingerprint density at radius 3 is 2.15 bits per heavy atom. The average molecular weight is 588 g/mol. The molecule has 0 fully saturated rings. The number of hydrogen-bond donors (Lipinski definition) is 3. The lowest BCUT2D eigenvalue weighted by molar-refractivity contribution is -0.144. The topological polar surface area (TPSA) is 123 Å². The van der Waals surface area contributed by atoms with E-state index in [2.05, 4.69) is 61.9 Å². The van der Waals surface area contributed by atoms with Crippen molar-refractivity contribution in [1.82, 2.24) is 16.0 Å². The summed E-state index contributed by atoms with van der Waals surface area (Å²) < 4.78 is 9.85. The fraction of sp³-hybridized carbons (Fsp3) is 0.484. The number of thioether (sulfide) groups is 1. The van der Waals surface area contributed by atoms with Crippen molar-refractivity contribution in [2.45, 2.75) is 66.0 Å². The van der Waals surface area contributed by atoms with Crippen molar-refractivity contribution in [2.24, 2.45) is 0 Å². The number of esters is 1. The minimum absolute atomic E-state index is 0.0766. The normalized spacial score (nSPS) is 12.1. The van der Waals surface area contributed by atoms with Gasteiger partial charge in [0.1, 0.15) is 19.2 Å². The zero-order chi connectivity index (χ0) is 30.5. The molecule has 0 aromatic heterocycles. The number of amides is 3. The first-order valence-corrected chi connectivity index (χ1v) is 14.9. The van der Waals surface area contributed by atoms with Gasteiger partial charge in [-0.2, -0.15) is 11.8 Å². The van der Waals surface area contributed by atoms with Crippen molar-refractivity contribution in [3.63, 3.8) is 0 Å². The van der Waals surface area contributed by atoms with E-state index < -0.39 is 29.9 Å². The zero-order valence-electron chi connectivity index (χ0n) is 24.9. The lowest BCUT2D eigenvalue weighted by Crippen LogP contribution is -2.48. The first-order chi connectivity index (χ1) is 19.6. The quantitative estimate of drug-likeness (QED) is 0.128. The summed E-state index contributed by atoms with van der Waals surface area (Å²) in [6, 6.07) is 8.28. The van der Waals surface area contributed by atoms with E-state index in [0.29, 0.717) is 11.5 Å². The molecule has 0 radical (unpaired) electrons. The molecule has 0 heterocycles. The largest absolute Gasteiger partial charge is 0.467 e. The lowest BCUT2D eigenvalue weighted by atomic mass is 10.1. The molecular formula is C31H45N3O6S. The van der Waals surface area contributed by atoms with Crippen molar-refractivity contribution in [1.29, 1.82) is 0 Å². The van der Waals surface area contributed by atoms with Crippen LogP contribution in [0.2, 0.25) is 0 Å². The summed E-state index contributed by atoms with van der Waals surface area (Å²) >= 11 is 1.51. The fourth-order valence-corrected chi connectivity index (χ4v) is 4.44. The van der Waals surface area contributed by atoms with E-state index in [-0.39, 0.29) is 19.7 Å². The minimum atomic E-state index is -0.847. The molecular weight excluding hydrogens is 542 g/mol. The molecule has 3 N–H and O–H groups in total. The van der Waals surface area contributed by atoms with E-state index >= 15 is 0 Å². The molecule has 3 amide bonds. The second-order valence-corrected chi connectivity index (χ2v) is 10.9. The van der Waals surface area contributed by atoms with Gasteiger partial charge in [0.25, 0.3) is 0 Å². The van der Waals surface area contributed by atoms with Gasteiger partial charge in [0.05, 0.1) is 13.7 Å². The number of ether oxygens (including phenoxy) is 2. The standard InChI is InChI=1S/C31H45N3O6S/c1-23(2)11-9-12-24(3)13-10-14-25(4)17-18-41-22-27(30(37)39-5)34-29(36)20-32-28(35)19-33-31(38)40-21-26-15-7-6-8-16-26/h6-8,11,13,15-17,27H,9-10,12,14,18-22H2,1-5H3,(H,32,35)(H,33,38)(H,34,36)/t27-/m0/s1. The molecule has 41 heavy (non-hydrogen) atoms. The number of alkyl carbamates (subject to hydrolysis) is 1. The average Bonchev–Trinajstić information content (AvgIpc) is 2.95. The van der Waals surface area contributed by atoms with Crippen LogP contribution < -0.4 is 16.0 Å². The highest BCUT2D eigenvalue weighted by Gasteiger charge is 2.21. The Kier molecular flexibility index (Phi) is 18.4. The number of hydrogen-bond acceptors (Lipinski definition) is 7. The van der Waals surface area contributed by atoms with Crippen molar-refractivity contribution < 1.29 is 28.7 Å². The molecule has 1 rings (SSSR count). The summed E-state index contributed by atoms with van der Waals surface area (Å²) in [6.07, 6.45) is 10.0. The molecule has 10 heteroatoms. The van der Waals surface area contributed by atoms with Crippen LogP contribution in [0, 0.1) is 0 Å². The summed E-state index contributed by atoms with van der Waals surface area (Å²) in [7, 11) is 1.26. The Balaban J connectivity index is 2.32. The second-order valence-electron chi connectivity index (χ2n) is 9.83. The first-order valence-electron chi connectivity index (χ1n) is 13.7. The minimum Gasteiger partial charge on any atom is -0.467 e. The van der Waals surface area contributed by atoms with Gasteiger partial charge < -0.3 is 25.4 Å². The molecule has 0 spiro atoms. The van der Waals surface area contributed by atoms with Crippen molar-refractivity contribution in [3.05, 3.63) is 70.8 Å². The van der Waals surface area contributed by atoms with Gasteiger partial charge >= 0.3 is 12.1 Å². The van der Waals surface area contributed by atoms with Crippen molar-refractivity contribution in [2.75, 3.05) is 31.7 Å². The summed E-state index contributed by atoms with van der Waals surface area (Å²) in [5.74, 6) is -0.650. The molecule has 0 saturated heterocycles. The number of benzene rings is 1. The Bertz CT molecular complexity index is 1060. The maximum Gasteiger partial charge on any atom is 0.407 e. The van der Waals surface area contributed by atoms with Crippen LogP contribution in [0.3, 0.4) is 0 Å². The van der Waals surface area contributed by atoms with Crippen LogP contribution in [0.25, 0.3) is 0 Å².